The third kappa shape index (κ3) is 6.54. The zero-order valence-corrected chi connectivity index (χ0v) is 19.9. The Kier molecular flexibility index (Phi) is 7.30. The van der Waals surface area contributed by atoms with E-state index in [1.807, 2.05) is 0 Å². The first-order valence-corrected chi connectivity index (χ1v) is 11.8. The summed E-state index contributed by atoms with van der Waals surface area (Å²) in [6.07, 6.45) is 7.62. The molecule has 1 amide bonds. The SMILES string of the molecule is CC(C)(O)Cn1ccc(NC(=O)[C@@H](CC2CCCC2)n2ncc(Oc3ccccc3F)cc2=O)n1. The number of halogens is 1. The van der Waals surface area contributed by atoms with Crippen molar-refractivity contribution < 1.29 is 19.0 Å². The summed E-state index contributed by atoms with van der Waals surface area (Å²) in [6, 6.07) is 7.87. The molecule has 1 aromatic carbocycles. The molecule has 186 valence electrons. The minimum absolute atomic E-state index is 0.0201. The number of amides is 1. The van der Waals surface area contributed by atoms with Crippen molar-refractivity contribution in [3.63, 3.8) is 0 Å². The molecule has 9 nitrogen and oxygen atoms in total. The molecule has 4 rings (SSSR count). The number of aromatic nitrogens is 4. The molecule has 1 aliphatic carbocycles. The molecule has 0 radical (unpaired) electrons. The molecule has 2 aromatic heterocycles. The minimum Gasteiger partial charge on any atom is -0.452 e. The van der Waals surface area contributed by atoms with Crippen molar-refractivity contribution in [3.8, 4) is 11.5 Å². The molecule has 0 aliphatic heterocycles. The minimum atomic E-state index is -0.956. The van der Waals surface area contributed by atoms with Crippen LogP contribution in [0.1, 0.15) is 52.0 Å². The Labute approximate surface area is 202 Å². The summed E-state index contributed by atoms with van der Waals surface area (Å²) in [4.78, 5) is 26.2. The van der Waals surface area contributed by atoms with Crippen LogP contribution in [0.4, 0.5) is 10.2 Å². The molecule has 1 fully saturated rings. The predicted molar refractivity (Wildman–Crippen MR) is 128 cm³/mol. The molecule has 2 heterocycles. The van der Waals surface area contributed by atoms with Crippen molar-refractivity contribution in [2.75, 3.05) is 5.32 Å². The van der Waals surface area contributed by atoms with Gasteiger partial charge >= 0.3 is 0 Å². The van der Waals surface area contributed by atoms with Crippen LogP contribution < -0.4 is 15.6 Å². The fraction of sp³-hybridized carbons (Fsp3) is 0.440. The van der Waals surface area contributed by atoms with Crippen molar-refractivity contribution in [1.29, 1.82) is 0 Å². The van der Waals surface area contributed by atoms with Gasteiger partial charge in [-0.1, -0.05) is 37.8 Å². The molecular formula is C25H30FN5O4. The Balaban J connectivity index is 1.54. The fourth-order valence-electron chi connectivity index (χ4n) is 4.35. The van der Waals surface area contributed by atoms with Crippen LogP contribution in [0.15, 0.2) is 53.6 Å². The second kappa shape index (κ2) is 10.4. The topological polar surface area (TPSA) is 111 Å². The highest BCUT2D eigenvalue weighted by molar-refractivity contribution is 5.92. The average Bonchev–Trinajstić information content (AvgIpc) is 3.45. The predicted octanol–water partition coefficient (Wildman–Crippen LogP) is 3.90. The Morgan fingerprint density at radius 1 is 1.29 bits per heavy atom. The summed E-state index contributed by atoms with van der Waals surface area (Å²) in [5.74, 6) is -0.262. The fourth-order valence-corrected chi connectivity index (χ4v) is 4.35. The van der Waals surface area contributed by atoms with Gasteiger partial charge in [0, 0.05) is 18.3 Å². The van der Waals surface area contributed by atoms with Crippen LogP contribution >= 0.6 is 0 Å². The molecule has 1 atom stereocenters. The van der Waals surface area contributed by atoms with Gasteiger partial charge in [-0.15, -0.1) is 0 Å². The van der Waals surface area contributed by atoms with Gasteiger partial charge in [0.2, 0.25) is 0 Å². The van der Waals surface area contributed by atoms with Gasteiger partial charge in [0.1, 0.15) is 6.04 Å². The van der Waals surface area contributed by atoms with Crippen molar-refractivity contribution in [2.45, 2.75) is 64.1 Å². The number of anilines is 1. The maximum atomic E-state index is 13.9. The molecule has 0 spiro atoms. The van der Waals surface area contributed by atoms with E-state index in [0.29, 0.717) is 18.2 Å². The second-order valence-corrected chi connectivity index (χ2v) is 9.61. The number of ether oxygens (including phenoxy) is 1. The van der Waals surface area contributed by atoms with Crippen molar-refractivity contribution >= 4 is 11.7 Å². The van der Waals surface area contributed by atoms with E-state index in [4.69, 9.17) is 4.74 Å². The largest absolute Gasteiger partial charge is 0.452 e. The number of para-hydroxylation sites is 1. The zero-order valence-electron chi connectivity index (χ0n) is 19.9. The van der Waals surface area contributed by atoms with Crippen molar-refractivity contribution in [3.05, 3.63) is 65.0 Å². The highest BCUT2D eigenvalue weighted by Gasteiger charge is 2.29. The van der Waals surface area contributed by atoms with Crippen molar-refractivity contribution in [2.24, 2.45) is 5.92 Å². The van der Waals surface area contributed by atoms with E-state index in [9.17, 15) is 19.1 Å². The molecule has 10 heteroatoms. The number of hydrogen-bond acceptors (Lipinski definition) is 6. The van der Waals surface area contributed by atoms with E-state index in [-0.39, 0.29) is 18.0 Å². The maximum absolute atomic E-state index is 13.9. The first-order valence-electron chi connectivity index (χ1n) is 11.8. The Morgan fingerprint density at radius 3 is 2.71 bits per heavy atom. The summed E-state index contributed by atoms with van der Waals surface area (Å²) < 4.78 is 22.1. The number of carbonyl (C=O) groups excluding carboxylic acids is 1. The quantitative estimate of drug-likeness (QED) is 0.478. The zero-order chi connectivity index (χ0) is 25.0. The van der Waals surface area contributed by atoms with E-state index >= 15 is 0 Å². The first-order chi connectivity index (χ1) is 16.7. The van der Waals surface area contributed by atoms with Crippen LogP contribution in [0.5, 0.6) is 11.5 Å². The van der Waals surface area contributed by atoms with Crippen LogP contribution in [0.3, 0.4) is 0 Å². The Morgan fingerprint density at radius 2 is 2.03 bits per heavy atom. The second-order valence-electron chi connectivity index (χ2n) is 9.61. The highest BCUT2D eigenvalue weighted by Crippen LogP contribution is 2.32. The lowest BCUT2D eigenvalue weighted by Gasteiger charge is -2.21. The smallest absolute Gasteiger partial charge is 0.271 e. The molecule has 0 unspecified atom stereocenters. The maximum Gasteiger partial charge on any atom is 0.271 e. The first kappa shape index (κ1) is 24.6. The normalized spacial score (nSPS) is 15.2. The molecule has 1 aliphatic rings. The third-order valence-corrected chi connectivity index (χ3v) is 5.94. The summed E-state index contributed by atoms with van der Waals surface area (Å²) in [7, 11) is 0. The van der Waals surface area contributed by atoms with Crippen LogP contribution in [0.2, 0.25) is 0 Å². The van der Waals surface area contributed by atoms with Gasteiger partial charge in [-0.3, -0.25) is 14.3 Å². The van der Waals surface area contributed by atoms with Crippen LogP contribution in [0.25, 0.3) is 0 Å². The van der Waals surface area contributed by atoms with Gasteiger partial charge in [0.05, 0.1) is 18.3 Å². The monoisotopic (exact) mass is 483 g/mol. The molecule has 35 heavy (non-hydrogen) atoms. The standard InChI is InChI=1S/C25H30FN5O4/c1-25(2,34)16-30-12-11-22(29-30)28-24(33)20(13-17-7-3-4-8-17)31-23(32)14-18(15-27-31)35-21-10-6-5-9-19(21)26/h5-6,9-12,14-15,17,20,34H,3-4,7-8,13,16H2,1-2H3,(H,28,29,33)/t20-/m1/s1. The van der Waals surface area contributed by atoms with Crippen LogP contribution in [-0.2, 0) is 11.3 Å². The van der Waals surface area contributed by atoms with E-state index in [1.165, 1.54) is 24.4 Å². The summed E-state index contributed by atoms with van der Waals surface area (Å²) in [6.45, 7) is 3.60. The van der Waals surface area contributed by atoms with Gasteiger partial charge < -0.3 is 15.2 Å². The van der Waals surface area contributed by atoms with Gasteiger partial charge in [0.15, 0.2) is 23.1 Å². The van der Waals surface area contributed by atoms with E-state index < -0.39 is 28.9 Å². The van der Waals surface area contributed by atoms with E-state index in [1.54, 1.807) is 42.9 Å². The van der Waals surface area contributed by atoms with E-state index in [0.717, 1.165) is 30.4 Å². The third-order valence-electron chi connectivity index (χ3n) is 5.94. The lowest BCUT2D eigenvalue weighted by atomic mass is 9.98. The highest BCUT2D eigenvalue weighted by atomic mass is 19.1. The molecular weight excluding hydrogens is 453 g/mol. The number of aliphatic hydroxyl groups is 1. The van der Waals surface area contributed by atoms with E-state index in [2.05, 4.69) is 15.5 Å². The number of nitrogens with zero attached hydrogens (tertiary/aromatic N) is 4. The summed E-state index contributed by atoms with van der Waals surface area (Å²) >= 11 is 0. The Hall–Kier alpha value is -3.53. The van der Waals surface area contributed by atoms with Crippen LogP contribution in [0, 0.1) is 11.7 Å². The number of rotatable bonds is 9. The van der Waals surface area contributed by atoms with Gasteiger partial charge in [-0.2, -0.15) is 10.2 Å². The molecule has 0 bridgehead atoms. The van der Waals surface area contributed by atoms with Crippen LogP contribution in [-0.4, -0.2) is 36.2 Å². The summed E-state index contributed by atoms with van der Waals surface area (Å²) in [5, 5.41) is 21.3. The average molecular weight is 484 g/mol. The van der Waals surface area contributed by atoms with Gasteiger partial charge in [0.25, 0.3) is 11.5 Å². The Bertz CT molecular complexity index is 1230. The number of nitrogens with one attached hydrogen (secondary N) is 1. The summed E-state index contributed by atoms with van der Waals surface area (Å²) in [5.41, 5.74) is -1.48. The molecule has 0 saturated heterocycles. The van der Waals surface area contributed by atoms with Gasteiger partial charge in [-0.25, -0.2) is 9.07 Å². The lowest BCUT2D eigenvalue weighted by molar-refractivity contribution is -0.120. The number of benzene rings is 1. The molecule has 2 N–H and O–H groups in total. The van der Waals surface area contributed by atoms with Crippen molar-refractivity contribution in [1.82, 2.24) is 19.6 Å². The van der Waals surface area contributed by atoms with Gasteiger partial charge in [-0.05, 0) is 38.3 Å². The molecule has 3 aromatic rings. The number of hydrogen-bond donors (Lipinski definition) is 2. The lowest BCUT2D eigenvalue weighted by Crippen LogP contribution is -2.36. The molecule has 1 saturated carbocycles. The number of carbonyl (C=O) groups is 1.